The van der Waals surface area contributed by atoms with Crippen LogP contribution in [0.1, 0.15) is 0 Å². The number of aromatic nitrogens is 2. The first-order chi connectivity index (χ1) is 6.81. The highest BCUT2D eigenvalue weighted by atomic mass is 32.1. The van der Waals surface area contributed by atoms with Gasteiger partial charge in [0.15, 0.2) is 0 Å². The molecule has 0 aliphatic heterocycles. The molecule has 0 aliphatic carbocycles. The minimum absolute atomic E-state index is 0.414. The fourth-order valence-corrected chi connectivity index (χ4v) is 1.87. The van der Waals surface area contributed by atoms with E-state index in [0.717, 1.165) is 10.6 Å². The summed E-state index contributed by atoms with van der Waals surface area (Å²) in [5.74, 6) is 3.11. The van der Waals surface area contributed by atoms with Crippen molar-refractivity contribution in [3.8, 4) is 22.9 Å². The lowest BCUT2D eigenvalue weighted by Crippen LogP contribution is -2.02. The molecule has 14 heavy (non-hydrogen) atoms. The molecule has 3 nitrogen and oxygen atoms in total. The van der Waals surface area contributed by atoms with Gasteiger partial charge in [-0.25, -0.2) is 4.68 Å². The van der Waals surface area contributed by atoms with Gasteiger partial charge < -0.3 is 5.73 Å². The molecule has 0 spiro atoms. The Kier molecular flexibility index (Phi) is 2.25. The molecule has 2 N–H and O–H groups in total. The summed E-state index contributed by atoms with van der Waals surface area (Å²) in [7, 11) is 0. The maximum absolute atomic E-state index is 5.74. The molecule has 70 valence electrons. The van der Waals surface area contributed by atoms with Gasteiger partial charge in [-0.2, -0.15) is 5.10 Å². The number of hydrogen-bond donors (Lipinski definition) is 1. The van der Waals surface area contributed by atoms with Gasteiger partial charge in [-0.1, -0.05) is 12.0 Å². The van der Waals surface area contributed by atoms with E-state index in [4.69, 9.17) is 12.2 Å². The molecular formula is C10H9N3S. The van der Waals surface area contributed by atoms with E-state index in [1.807, 2.05) is 23.6 Å². The van der Waals surface area contributed by atoms with E-state index in [9.17, 15) is 0 Å². The maximum Gasteiger partial charge on any atom is 0.123 e. The largest absolute Gasteiger partial charge is 0.384 e. The number of nitrogen functional groups attached to an aromatic ring is 1. The summed E-state index contributed by atoms with van der Waals surface area (Å²) in [4.78, 5) is 1.10. The van der Waals surface area contributed by atoms with Crippen LogP contribution in [0.3, 0.4) is 0 Å². The highest BCUT2D eigenvalue weighted by Gasteiger charge is 2.06. The molecule has 2 rings (SSSR count). The average molecular weight is 203 g/mol. The minimum atomic E-state index is 0.414. The first-order valence-corrected chi connectivity index (χ1v) is 5.00. The summed E-state index contributed by atoms with van der Waals surface area (Å²) >= 11 is 1.63. The SMILES string of the molecule is C#CCn1nc(-c2cccs2)cc1N. The predicted molar refractivity (Wildman–Crippen MR) is 58.8 cm³/mol. The summed E-state index contributed by atoms with van der Waals surface area (Å²) in [6.07, 6.45) is 5.19. The average Bonchev–Trinajstić information content (AvgIpc) is 2.76. The van der Waals surface area contributed by atoms with Gasteiger partial charge in [-0.3, -0.25) is 0 Å². The van der Waals surface area contributed by atoms with Crippen molar-refractivity contribution < 1.29 is 0 Å². The summed E-state index contributed by atoms with van der Waals surface area (Å²) in [5, 5.41) is 6.31. The number of hydrogen-bond acceptors (Lipinski definition) is 3. The normalized spacial score (nSPS) is 9.93. The van der Waals surface area contributed by atoms with Gasteiger partial charge in [0, 0.05) is 6.07 Å². The number of rotatable bonds is 2. The summed E-state index contributed by atoms with van der Waals surface area (Å²) in [5.41, 5.74) is 6.63. The molecular weight excluding hydrogens is 194 g/mol. The van der Waals surface area contributed by atoms with E-state index >= 15 is 0 Å². The fraction of sp³-hybridized carbons (Fsp3) is 0.100. The van der Waals surface area contributed by atoms with Crippen molar-refractivity contribution in [2.45, 2.75) is 6.54 Å². The fourth-order valence-electron chi connectivity index (χ4n) is 1.19. The van der Waals surface area contributed by atoms with Crippen molar-refractivity contribution in [2.24, 2.45) is 0 Å². The minimum Gasteiger partial charge on any atom is -0.384 e. The van der Waals surface area contributed by atoms with Crippen LogP contribution < -0.4 is 5.73 Å². The summed E-state index contributed by atoms with van der Waals surface area (Å²) in [6.45, 7) is 0.414. The van der Waals surface area contributed by atoms with Crippen LogP contribution >= 0.6 is 11.3 Å². The van der Waals surface area contributed by atoms with Crippen molar-refractivity contribution in [3.05, 3.63) is 23.6 Å². The zero-order chi connectivity index (χ0) is 9.97. The third-order valence-corrected chi connectivity index (χ3v) is 2.72. The van der Waals surface area contributed by atoms with Crippen molar-refractivity contribution in [3.63, 3.8) is 0 Å². The molecule has 0 bridgehead atoms. The van der Waals surface area contributed by atoms with E-state index in [1.165, 1.54) is 0 Å². The van der Waals surface area contributed by atoms with Crippen LogP contribution in [0.2, 0.25) is 0 Å². The first-order valence-electron chi connectivity index (χ1n) is 4.12. The molecule has 0 aliphatic rings. The van der Waals surface area contributed by atoms with Crippen LogP contribution in [0.15, 0.2) is 23.6 Å². The molecule has 0 atom stereocenters. The van der Waals surface area contributed by atoms with E-state index in [-0.39, 0.29) is 0 Å². The zero-order valence-electron chi connectivity index (χ0n) is 7.47. The monoisotopic (exact) mass is 203 g/mol. The van der Waals surface area contributed by atoms with Crippen LogP contribution in [0.25, 0.3) is 10.6 Å². The maximum atomic E-state index is 5.74. The molecule has 0 aromatic carbocycles. The molecule has 0 saturated carbocycles. The van der Waals surface area contributed by atoms with Crippen molar-refractivity contribution in [1.82, 2.24) is 9.78 Å². The van der Waals surface area contributed by atoms with Crippen LogP contribution in [0.5, 0.6) is 0 Å². The summed E-state index contributed by atoms with van der Waals surface area (Å²) in [6, 6.07) is 5.83. The lowest BCUT2D eigenvalue weighted by atomic mass is 10.3. The smallest absolute Gasteiger partial charge is 0.123 e. The van der Waals surface area contributed by atoms with Gasteiger partial charge in [-0.15, -0.1) is 17.8 Å². The number of nitrogens with two attached hydrogens (primary N) is 1. The number of thiophene rings is 1. The highest BCUT2D eigenvalue weighted by molar-refractivity contribution is 7.13. The standard InChI is InChI=1S/C10H9N3S/c1-2-5-13-10(11)7-8(12-13)9-4-3-6-14-9/h1,3-4,6-7H,5,11H2. The van der Waals surface area contributed by atoms with Gasteiger partial charge in [0.25, 0.3) is 0 Å². The lowest BCUT2D eigenvalue weighted by Gasteiger charge is -1.95. The van der Waals surface area contributed by atoms with Crippen LogP contribution in [0, 0.1) is 12.3 Å². The van der Waals surface area contributed by atoms with Crippen LogP contribution in [-0.2, 0) is 6.54 Å². The second kappa shape index (κ2) is 3.56. The van der Waals surface area contributed by atoms with Gasteiger partial charge in [-0.05, 0) is 11.4 Å². The van der Waals surface area contributed by atoms with Gasteiger partial charge in [0.05, 0.1) is 4.88 Å². The van der Waals surface area contributed by atoms with Crippen LogP contribution in [-0.4, -0.2) is 9.78 Å². The van der Waals surface area contributed by atoms with E-state index in [0.29, 0.717) is 12.4 Å². The van der Waals surface area contributed by atoms with Gasteiger partial charge >= 0.3 is 0 Å². The molecule has 0 radical (unpaired) electrons. The molecule has 2 heterocycles. The quantitative estimate of drug-likeness (QED) is 0.757. The Balaban J connectivity index is 2.39. The van der Waals surface area contributed by atoms with E-state index in [1.54, 1.807) is 16.0 Å². The Hall–Kier alpha value is -1.73. The van der Waals surface area contributed by atoms with E-state index in [2.05, 4.69) is 11.0 Å². The topological polar surface area (TPSA) is 43.8 Å². The number of terminal acetylenes is 1. The second-order valence-corrected chi connectivity index (χ2v) is 3.74. The molecule has 2 aromatic rings. The zero-order valence-corrected chi connectivity index (χ0v) is 8.29. The van der Waals surface area contributed by atoms with Crippen molar-refractivity contribution in [1.29, 1.82) is 0 Å². The Labute approximate surface area is 86.2 Å². The third kappa shape index (κ3) is 1.50. The predicted octanol–water partition coefficient (Wildman–Crippen LogP) is 1.83. The molecule has 2 aromatic heterocycles. The van der Waals surface area contributed by atoms with Crippen LogP contribution in [0.4, 0.5) is 5.82 Å². The summed E-state index contributed by atoms with van der Waals surface area (Å²) < 4.78 is 1.62. The Morgan fingerprint density at radius 3 is 3.14 bits per heavy atom. The third-order valence-electron chi connectivity index (χ3n) is 1.83. The molecule has 0 unspecified atom stereocenters. The number of anilines is 1. The molecule has 0 amide bonds. The highest BCUT2D eigenvalue weighted by Crippen LogP contribution is 2.24. The Morgan fingerprint density at radius 2 is 2.50 bits per heavy atom. The van der Waals surface area contributed by atoms with Crippen molar-refractivity contribution >= 4 is 17.2 Å². The Morgan fingerprint density at radius 1 is 1.64 bits per heavy atom. The lowest BCUT2D eigenvalue weighted by molar-refractivity contribution is 0.730. The molecule has 4 heteroatoms. The van der Waals surface area contributed by atoms with E-state index < -0.39 is 0 Å². The van der Waals surface area contributed by atoms with Crippen molar-refractivity contribution in [2.75, 3.05) is 5.73 Å². The second-order valence-electron chi connectivity index (χ2n) is 2.79. The Bertz CT molecular complexity index is 462. The number of nitrogens with zero attached hydrogens (tertiary/aromatic N) is 2. The molecule has 0 saturated heterocycles. The van der Waals surface area contributed by atoms with Gasteiger partial charge in [0.2, 0.25) is 0 Å². The van der Waals surface area contributed by atoms with Gasteiger partial charge in [0.1, 0.15) is 18.1 Å². The first kappa shape index (κ1) is 8.85. The molecule has 0 fully saturated rings.